The number of fused-ring (bicyclic) bond motifs is 1. The van der Waals surface area contributed by atoms with Crippen LogP contribution in [0.2, 0.25) is 0 Å². The molecule has 0 unspecified atom stereocenters. The molecule has 4 aromatic rings. The molecule has 0 bridgehead atoms. The second-order valence-electron chi connectivity index (χ2n) is 7.37. The fraction of sp³-hybridized carbons (Fsp3) is 0.200. The molecule has 5 nitrogen and oxygen atoms in total. The minimum Gasteiger partial charge on any atom is -0.497 e. The lowest BCUT2D eigenvalue weighted by Gasteiger charge is -2.07. The summed E-state index contributed by atoms with van der Waals surface area (Å²) in [5, 5.41) is 4.15. The topological polar surface area (TPSA) is 67.0 Å². The molecular formula is C25H25N3O2. The zero-order valence-electron chi connectivity index (χ0n) is 17.2. The van der Waals surface area contributed by atoms with Gasteiger partial charge in [-0.2, -0.15) is 0 Å². The van der Waals surface area contributed by atoms with Gasteiger partial charge in [-0.1, -0.05) is 17.7 Å². The van der Waals surface area contributed by atoms with Gasteiger partial charge in [0.2, 0.25) is 5.91 Å². The molecule has 0 saturated heterocycles. The third-order valence-electron chi connectivity index (χ3n) is 5.19. The first-order chi connectivity index (χ1) is 14.6. The highest BCUT2D eigenvalue weighted by Crippen LogP contribution is 2.31. The van der Waals surface area contributed by atoms with Crippen LogP contribution in [-0.4, -0.2) is 23.0 Å². The smallest absolute Gasteiger partial charge is 0.224 e. The van der Waals surface area contributed by atoms with Crippen LogP contribution in [0.1, 0.15) is 24.0 Å². The number of aryl methyl sites for hydroxylation is 2. The number of nitrogens with zero attached hydrogens (tertiary/aromatic N) is 1. The van der Waals surface area contributed by atoms with Crippen molar-refractivity contribution < 1.29 is 9.53 Å². The number of carbonyl (C=O) groups excluding carboxylic acids is 1. The highest BCUT2D eigenvalue weighted by Gasteiger charge is 2.15. The minimum atomic E-state index is 0.00979. The molecule has 0 fully saturated rings. The number of anilines is 1. The molecule has 2 aromatic heterocycles. The van der Waals surface area contributed by atoms with Gasteiger partial charge in [-0.05, 0) is 73.9 Å². The number of ether oxygens (including phenoxy) is 1. The molecule has 152 valence electrons. The number of nitrogens with one attached hydrogen (secondary N) is 2. The molecule has 1 amide bonds. The number of carbonyl (C=O) groups is 1. The van der Waals surface area contributed by atoms with Crippen molar-refractivity contribution >= 4 is 22.5 Å². The number of methoxy groups -OCH3 is 1. The number of aromatic nitrogens is 2. The molecule has 30 heavy (non-hydrogen) atoms. The van der Waals surface area contributed by atoms with Crippen LogP contribution in [0.5, 0.6) is 5.75 Å². The highest BCUT2D eigenvalue weighted by molar-refractivity contribution is 5.92. The summed E-state index contributed by atoms with van der Waals surface area (Å²) >= 11 is 0. The van der Waals surface area contributed by atoms with E-state index in [4.69, 9.17) is 4.74 Å². The Labute approximate surface area is 176 Å². The van der Waals surface area contributed by atoms with Crippen LogP contribution in [0.25, 0.3) is 22.3 Å². The average Bonchev–Trinajstić information content (AvgIpc) is 3.12. The van der Waals surface area contributed by atoms with Crippen LogP contribution in [0.3, 0.4) is 0 Å². The molecule has 0 atom stereocenters. The Hall–Kier alpha value is -3.60. The predicted octanol–water partition coefficient (Wildman–Crippen LogP) is 5.51. The number of amides is 1. The quantitative estimate of drug-likeness (QED) is 0.431. The Morgan fingerprint density at radius 2 is 1.93 bits per heavy atom. The van der Waals surface area contributed by atoms with Crippen LogP contribution in [0, 0.1) is 6.92 Å². The number of hydrogen-bond acceptors (Lipinski definition) is 3. The van der Waals surface area contributed by atoms with Crippen molar-refractivity contribution in [2.75, 3.05) is 12.4 Å². The zero-order chi connectivity index (χ0) is 20.9. The molecule has 0 radical (unpaired) electrons. The van der Waals surface area contributed by atoms with Gasteiger partial charge in [0.1, 0.15) is 5.75 Å². The first-order valence-electron chi connectivity index (χ1n) is 10.1. The second kappa shape index (κ2) is 8.82. The summed E-state index contributed by atoms with van der Waals surface area (Å²) in [7, 11) is 1.62. The lowest BCUT2D eigenvalue weighted by molar-refractivity contribution is -0.116. The summed E-state index contributed by atoms with van der Waals surface area (Å²) < 4.78 is 5.15. The third kappa shape index (κ3) is 4.35. The van der Waals surface area contributed by atoms with Gasteiger partial charge < -0.3 is 15.0 Å². The van der Waals surface area contributed by atoms with Gasteiger partial charge in [-0.15, -0.1) is 0 Å². The molecule has 2 heterocycles. The SMILES string of the molecule is COc1ccc(NC(=O)CCCc2c(-c3ccccn3)[nH]c3ccc(C)cc23)cc1. The Morgan fingerprint density at radius 3 is 2.67 bits per heavy atom. The summed E-state index contributed by atoms with van der Waals surface area (Å²) in [6.45, 7) is 2.10. The number of pyridine rings is 1. The van der Waals surface area contributed by atoms with Crippen molar-refractivity contribution in [3.8, 4) is 17.1 Å². The van der Waals surface area contributed by atoms with Crippen molar-refractivity contribution in [1.82, 2.24) is 9.97 Å². The summed E-state index contributed by atoms with van der Waals surface area (Å²) in [5.74, 6) is 0.778. The lowest BCUT2D eigenvalue weighted by atomic mass is 10.0. The second-order valence-corrected chi connectivity index (χ2v) is 7.37. The van der Waals surface area contributed by atoms with E-state index in [1.165, 1.54) is 16.5 Å². The van der Waals surface area contributed by atoms with Crippen molar-refractivity contribution in [3.63, 3.8) is 0 Å². The van der Waals surface area contributed by atoms with Crippen molar-refractivity contribution in [3.05, 3.63) is 78.0 Å². The normalized spacial score (nSPS) is 10.9. The Bertz CT molecular complexity index is 1150. The maximum absolute atomic E-state index is 12.4. The Balaban J connectivity index is 1.49. The summed E-state index contributed by atoms with van der Waals surface area (Å²) in [6.07, 6.45) is 3.80. The van der Waals surface area contributed by atoms with Gasteiger partial charge in [-0.25, -0.2) is 0 Å². The van der Waals surface area contributed by atoms with Gasteiger partial charge in [0, 0.05) is 29.2 Å². The lowest BCUT2D eigenvalue weighted by Crippen LogP contribution is -2.11. The van der Waals surface area contributed by atoms with Crippen molar-refractivity contribution in [2.45, 2.75) is 26.2 Å². The number of aromatic amines is 1. The van der Waals surface area contributed by atoms with E-state index in [-0.39, 0.29) is 5.91 Å². The molecule has 5 heteroatoms. The fourth-order valence-corrected chi connectivity index (χ4v) is 3.67. The van der Waals surface area contributed by atoms with E-state index in [1.54, 1.807) is 13.3 Å². The number of H-pyrrole nitrogens is 1. The standard InChI is InChI=1S/C25H25N3O2/c1-17-9-14-22-21(16-17)20(25(28-22)23-7-3-4-15-26-23)6-5-8-24(29)27-18-10-12-19(30-2)13-11-18/h3-4,7,9-16,28H,5-6,8H2,1-2H3,(H,27,29). The minimum absolute atomic E-state index is 0.00979. The van der Waals surface area contributed by atoms with Gasteiger partial charge in [-0.3, -0.25) is 9.78 Å². The van der Waals surface area contributed by atoms with E-state index in [9.17, 15) is 4.79 Å². The van der Waals surface area contributed by atoms with E-state index >= 15 is 0 Å². The van der Waals surface area contributed by atoms with Crippen molar-refractivity contribution in [2.24, 2.45) is 0 Å². The summed E-state index contributed by atoms with van der Waals surface area (Å²) in [5.41, 5.74) is 6.25. The largest absolute Gasteiger partial charge is 0.497 e. The van der Waals surface area contributed by atoms with Crippen LogP contribution in [0.4, 0.5) is 5.69 Å². The third-order valence-corrected chi connectivity index (χ3v) is 5.19. The van der Waals surface area contributed by atoms with Crippen LogP contribution in [0.15, 0.2) is 66.9 Å². The van der Waals surface area contributed by atoms with Gasteiger partial charge in [0.05, 0.1) is 18.5 Å². The molecule has 2 aromatic carbocycles. The van der Waals surface area contributed by atoms with E-state index in [2.05, 4.69) is 40.4 Å². The molecule has 2 N–H and O–H groups in total. The maximum atomic E-state index is 12.4. The van der Waals surface area contributed by atoms with E-state index in [0.717, 1.165) is 41.2 Å². The van der Waals surface area contributed by atoms with Gasteiger partial charge >= 0.3 is 0 Å². The first-order valence-corrected chi connectivity index (χ1v) is 10.1. The number of hydrogen-bond donors (Lipinski definition) is 2. The molecule has 0 aliphatic heterocycles. The van der Waals surface area contributed by atoms with Gasteiger partial charge in [0.15, 0.2) is 0 Å². The van der Waals surface area contributed by atoms with Gasteiger partial charge in [0.25, 0.3) is 0 Å². The summed E-state index contributed by atoms with van der Waals surface area (Å²) in [6, 6.07) is 19.7. The van der Waals surface area contributed by atoms with Crippen LogP contribution in [-0.2, 0) is 11.2 Å². The monoisotopic (exact) mass is 399 g/mol. The number of benzene rings is 2. The number of rotatable bonds is 7. The Kier molecular flexibility index (Phi) is 5.80. The highest BCUT2D eigenvalue weighted by atomic mass is 16.5. The van der Waals surface area contributed by atoms with Crippen molar-refractivity contribution in [1.29, 1.82) is 0 Å². The van der Waals surface area contributed by atoms with E-state index in [1.807, 2.05) is 42.5 Å². The predicted molar refractivity (Wildman–Crippen MR) is 121 cm³/mol. The molecular weight excluding hydrogens is 374 g/mol. The molecule has 4 rings (SSSR count). The van der Waals surface area contributed by atoms with Crippen LogP contribution < -0.4 is 10.1 Å². The fourth-order valence-electron chi connectivity index (χ4n) is 3.67. The average molecular weight is 399 g/mol. The zero-order valence-corrected chi connectivity index (χ0v) is 17.2. The first kappa shape index (κ1) is 19.7. The molecule has 0 saturated carbocycles. The van der Waals surface area contributed by atoms with E-state index in [0.29, 0.717) is 6.42 Å². The molecule has 0 aliphatic carbocycles. The molecule has 0 aliphatic rings. The maximum Gasteiger partial charge on any atom is 0.224 e. The molecule has 0 spiro atoms. The van der Waals surface area contributed by atoms with E-state index < -0.39 is 0 Å². The summed E-state index contributed by atoms with van der Waals surface area (Å²) in [4.78, 5) is 20.4. The van der Waals surface area contributed by atoms with Crippen LogP contribution >= 0.6 is 0 Å². The Morgan fingerprint density at radius 1 is 1.10 bits per heavy atom.